The Morgan fingerprint density at radius 1 is 1.44 bits per heavy atom. The second kappa shape index (κ2) is 4.68. The van der Waals surface area contributed by atoms with Crippen molar-refractivity contribution in [1.82, 2.24) is 20.1 Å². The molecule has 0 radical (unpaired) electrons. The lowest BCUT2D eigenvalue weighted by molar-refractivity contribution is 0.0668. The fourth-order valence-corrected chi connectivity index (χ4v) is 2.06. The fourth-order valence-electron chi connectivity index (χ4n) is 2.06. The Balaban J connectivity index is 1.69. The number of hydrogen-bond donors (Lipinski definition) is 1. The normalized spacial score (nSPS) is 18.9. The quantitative estimate of drug-likeness (QED) is 0.815. The van der Waals surface area contributed by atoms with Gasteiger partial charge in [0.1, 0.15) is 5.82 Å². The third-order valence-corrected chi connectivity index (χ3v) is 3.44. The molecule has 1 aromatic heterocycles. The number of ether oxygens (including phenoxy) is 1. The minimum absolute atomic E-state index is 0.0716. The molecule has 6 nitrogen and oxygen atoms in total. The highest BCUT2D eigenvalue weighted by molar-refractivity contribution is 5.90. The minimum Gasteiger partial charge on any atom is -0.383 e. The Bertz CT molecular complexity index is 437. The molecule has 18 heavy (non-hydrogen) atoms. The van der Waals surface area contributed by atoms with E-state index in [0.717, 1.165) is 31.5 Å². The molecule has 0 unspecified atom stereocenters. The molecule has 1 aromatic rings. The maximum absolute atomic E-state index is 12.3. The SMILES string of the molecule is COCCN(C(=O)c1n[nH]c(C2CC2)n1)C1CC1. The first kappa shape index (κ1) is 11.6. The largest absolute Gasteiger partial charge is 0.383 e. The van der Waals surface area contributed by atoms with Gasteiger partial charge in [-0.3, -0.25) is 9.89 Å². The Morgan fingerprint density at radius 2 is 2.22 bits per heavy atom. The van der Waals surface area contributed by atoms with Gasteiger partial charge in [-0.15, -0.1) is 5.10 Å². The van der Waals surface area contributed by atoms with Crippen LogP contribution in [0.1, 0.15) is 48.0 Å². The molecule has 0 bridgehead atoms. The van der Waals surface area contributed by atoms with Crippen LogP contribution in [0.15, 0.2) is 0 Å². The van der Waals surface area contributed by atoms with E-state index < -0.39 is 0 Å². The van der Waals surface area contributed by atoms with Gasteiger partial charge >= 0.3 is 0 Å². The zero-order valence-electron chi connectivity index (χ0n) is 10.6. The van der Waals surface area contributed by atoms with Gasteiger partial charge in [-0.1, -0.05) is 0 Å². The van der Waals surface area contributed by atoms with Crippen LogP contribution >= 0.6 is 0 Å². The number of hydrogen-bond acceptors (Lipinski definition) is 4. The van der Waals surface area contributed by atoms with Crippen LogP contribution in [0.4, 0.5) is 0 Å². The fraction of sp³-hybridized carbons (Fsp3) is 0.750. The molecule has 1 amide bonds. The number of carbonyl (C=O) groups excluding carboxylic acids is 1. The number of rotatable bonds is 6. The topological polar surface area (TPSA) is 71.1 Å². The minimum atomic E-state index is -0.0716. The molecule has 0 spiro atoms. The summed E-state index contributed by atoms with van der Waals surface area (Å²) < 4.78 is 5.05. The molecule has 98 valence electrons. The molecule has 2 aliphatic carbocycles. The van der Waals surface area contributed by atoms with E-state index in [2.05, 4.69) is 15.2 Å². The van der Waals surface area contributed by atoms with Crippen molar-refractivity contribution in [2.24, 2.45) is 0 Å². The zero-order valence-corrected chi connectivity index (χ0v) is 10.6. The summed E-state index contributed by atoms with van der Waals surface area (Å²) in [5, 5.41) is 6.93. The Kier molecular flexibility index (Phi) is 3.03. The smallest absolute Gasteiger partial charge is 0.293 e. The molecule has 0 atom stereocenters. The molecule has 3 rings (SSSR count). The summed E-state index contributed by atoms with van der Waals surface area (Å²) >= 11 is 0. The van der Waals surface area contributed by atoms with Crippen molar-refractivity contribution in [1.29, 1.82) is 0 Å². The Morgan fingerprint density at radius 3 is 2.83 bits per heavy atom. The highest BCUT2D eigenvalue weighted by atomic mass is 16.5. The molecule has 0 saturated heterocycles. The first-order valence-electron chi connectivity index (χ1n) is 6.52. The van der Waals surface area contributed by atoms with E-state index in [0.29, 0.717) is 30.9 Å². The molecule has 1 N–H and O–H groups in total. The summed E-state index contributed by atoms with van der Waals surface area (Å²) in [6.07, 6.45) is 4.46. The lowest BCUT2D eigenvalue weighted by Crippen LogP contribution is -2.36. The van der Waals surface area contributed by atoms with Crippen LogP contribution in [0.3, 0.4) is 0 Å². The summed E-state index contributed by atoms with van der Waals surface area (Å²) in [6, 6.07) is 0.357. The van der Waals surface area contributed by atoms with E-state index in [-0.39, 0.29) is 5.91 Å². The molecular formula is C12H18N4O2. The molecule has 2 saturated carbocycles. The van der Waals surface area contributed by atoms with E-state index >= 15 is 0 Å². The maximum atomic E-state index is 12.3. The van der Waals surface area contributed by atoms with E-state index in [1.807, 2.05) is 4.90 Å². The van der Waals surface area contributed by atoms with Crippen molar-refractivity contribution in [2.45, 2.75) is 37.6 Å². The highest BCUT2D eigenvalue weighted by Gasteiger charge is 2.35. The Hall–Kier alpha value is -1.43. The first-order chi connectivity index (χ1) is 8.79. The lowest BCUT2D eigenvalue weighted by atomic mass is 10.4. The summed E-state index contributed by atoms with van der Waals surface area (Å²) in [4.78, 5) is 18.5. The van der Waals surface area contributed by atoms with Crippen LogP contribution in [0, 0.1) is 0 Å². The van der Waals surface area contributed by atoms with Crippen molar-refractivity contribution in [2.75, 3.05) is 20.3 Å². The summed E-state index contributed by atoms with van der Waals surface area (Å²) in [5.41, 5.74) is 0. The number of amides is 1. The number of carbonyl (C=O) groups is 1. The van der Waals surface area contributed by atoms with Crippen LogP contribution in [-0.4, -0.2) is 52.3 Å². The van der Waals surface area contributed by atoms with E-state index in [1.165, 1.54) is 0 Å². The van der Waals surface area contributed by atoms with Gasteiger partial charge in [0.2, 0.25) is 5.82 Å². The van der Waals surface area contributed by atoms with Crippen LogP contribution in [0.5, 0.6) is 0 Å². The van der Waals surface area contributed by atoms with Gasteiger partial charge in [0.05, 0.1) is 6.61 Å². The third-order valence-electron chi connectivity index (χ3n) is 3.44. The number of methoxy groups -OCH3 is 1. The van der Waals surface area contributed by atoms with Crippen molar-refractivity contribution < 1.29 is 9.53 Å². The van der Waals surface area contributed by atoms with Gasteiger partial charge in [0.15, 0.2) is 0 Å². The summed E-state index contributed by atoms with van der Waals surface area (Å²) in [7, 11) is 1.65. The molecule has 1 heterocycles. The van der Waals surface area contributed by atoms with Gasteiger partial charge in [0, 0.05) is 25.6 Å². The predicted molar refractivity (Wildman–Crippen MR) is 64.3 cm³/mol. The Labute approximate surface area is 106 Å². The van der Waals surface area contributed by atoms with Gasteiger partial charge < -0.3 is 9.64 Å². The average molecular weight is 250 g/mol. The first-order valence-corrected chi connectivity index (χ1v) is 6.52. The molecular weight excluding hydrogens is 232 g/mol. The average Bonchev–Trinajstić information content (AvgIpc) is 3.29. The van der Waals surface area contributed by atoms with Crippen molar-refractivity contribution >= 4 is 5.91 Å². The second-order valence-corrected chi connectivity index (χ2v) is 5.04. The van der Waals surface area contributed by atoms with Gasteiger partial charge in [-0.2, -0.15) is 0 Å². The lowest BCUT2D eigenvalue weighted by Gasteiger charge is -2.20. The van der Waals surface area contributed by atoms with Crippen LogP contribution in [-0.2, 0) is 4.74 Å². The number of aromatic nitrogens is 3. The molecule has 6 heteroatoms. The number of nitrogens with zero attached hydrogens (tertiary/aromatic N) is 3. The van der Waals surface area contributed by atoms with Crippen molar-refractivity contribution in [3.05, 3.63) is 11.6 Å². The van der Waals surface area contributed by atoms with Gasteiger partial charge in [0.25, 0.3) is 5.91 Å². The van der Waals surface area contributed by atoms with Crippen LogP contribution in [0.25, 0.3) is 0 Å². The number of H-pyrrole nitrogens is 1. The molecule has 2 aliphatic rings. The standard InChI is InChI=1S/C12H18N4O2/c1-18-7-6-16(9-4-5-9)12(17)11-13-10(14-15-11)8-2-3-8/h8-9H,2-7H2,1H3,(H,13,14,15). The van der Waals surface area contributed by atoms with E-state index in [9.17, 15) is 4.79 Å². The van der Waals surface area contributed by atoms with Crippen LogP contribution in [0.2, 0.25) is 0 Å². The third kappa shape index (κ3) is 2.38. The summed E-state index contributed by atoms with van der Waals surface area (Å²) in [5.74, 6) is 1.59. The number of aromatic amines is 1. The second-order valence-electron chi connectivity index (χ2n) is 5.04. The highest BCUT2D eigenvalue weighted by Crippen LogP contribution is 2.37. The molecule has 0 aliphatic heterocycles. The van der Waals surface area contributed by atoms with Crippen LogP contribution < -0.4 is 0 Å². The van der Waals surface area contributed by atoms with E-state index in [4.69, 9.17) is 4.74 Å². The molecule has 2 fully saturated rings. The van der Waals surface area contributed by atoms with Gasteiger partial charge in [-0.05, 0) is 25.7 Å². The molecule has 0 aromatic carbocycles. The monoisotopic (exact) mass is 250 g/mol. The van der Waals surface area contributed by atoms with Crippen molar-refractivity contribution in [3.63, 3.8) is 0 Å². The predicted octanol–water partition coefficient (Wildman–Crippen LogP) is 0.933. The van der Waals surface area contributed by atoms with Crippen molar-refractivity contribution in [3.8, 4) is 0 Å². The number of nitrogens with one attached hydrogen (secondary N) is 1. The van der Waals surface area contributed by atoms with Gasteiger partial charge in [-0.25, -0.2) is 4.98 Å². The maximum Gasteiger partial charge on any atom is 0.293 e. The zero-order chi connectivity index (χ0) is 12.5. The van der Waals surface area contributed by atoms with E-state index in [1.54, 1.807) is 7.11 Å². The summed E-state index contributed by atoms with van der Waals surface area (Å²) in [6.45, 7) is 1.18.